The highest BCUT2D eigenvalue weighted by Crippen LogP contribution is 2.13. The first-order valence-electron chi connectivity index (χ1n) is 10.9. The molecule has 2 aliphatic rings. The Bertz CT molecular complexity index is 722. The van der Waals surface area contributed by atoms with Gasteiger partial charge in [-0.1, -0.05) is 23.7 Å². The Labute approximate surface area is 208 Å². The molecule has 3 rings (SSSR count). The number of rotatable bonds is 6. The summed E-state index contributed by atoms with van der Waals surface area (Å²) in [6.45, 7) is 12.5. The predicted octanol–water partition coefficient (Wildman–Crippen LogP) is 2.33. The molecule has 2 aliphatic heterocycles. The highest BCUT2D eigenvalue weighted by molar-refractivity contribution is 14.0. The Morgan fingerprint density at radius 3 is 2.48 bits per heavy atom. The number of nitrogens with one attached hydrogen (secondary N) is 1. The van der Waals surface area contributed by atoms with Gasteiger partial charge in [0.2, 0.25) is 5.91 Å². The summed E-state index contributed by atoms with van der Waals surface area (Å²) in [6, 6.07) is 7.92. The molecule has 1 unspecified atom stereocenters. The molecule has 7 nitrogen and oxygen atoms in total. The number of halogens is 2. The van der Waals surface area contributed by atoms with Crippen LogP contribution in [0.4, 0.5) is 0 Å². The lowest BCUT2D eigenvalue weighted by Gasteiger charge is -2.37. The maximum Gasteiger partial charge on any atom is 0.227 e. The molecule has 174 valence electrons. The average Bonchev–Trinajstić information content (AvgIpc) is 2.77. The van der Waals surface area contributed by atoms with E-state index in [2.05, 4.69) is 29.0 Å². The Kier molecular flexibility index (Phi) is 11.3. The van der Waals surface area contributed by atoms with Crippen LogP contribution < -0.4 is 5.32 Å². The maximum atomic E-state index is 12.7. The van der Waals surface area contributed by atoms with Crippen molar-refractivity contribution < 1.29 is 9.53 Å². The molecule has 9 heteroatoms. The molecule has 0 radical (unpaired) electrons. The number of morpholine rings is 1. The van der Waals surface area contributed by atoms with Crippen LogP contribution in [0.3, 0.4) is 0 Å². The van der Waals surface area contributed by atoms with E-state index in [0.29, 0.717) is 30.6 Å². The van der Waals surface area contributed by atoms with Crippen LogP contribution in [0, 0.1) is 0 Å². The van der Waals surface area contributed by atoms with Gasteiger partial charge in [0.1, 0.15) is 0 Å². The van der Waals surface area contributed by atoms with Crippen LogP contribution >= 0.6 is 35.6 Å². The van der Waals surface area contributed by atoms with Crippen molar-refractivity contribution >= 4 is 47.4 Å². The van der Waals surface area contributed by atoms with Gasteiger partial charge in [0.15, 0.2) is 5.96 Å². The van der Waals surface area contributed by atoms with Crippen molar-refractivity contribution in [2.75, 3.05) is 65.6 Å². The van der Waals surface area contributed by atoms with Gasteiger partial charge in [-0.25, -0.2) is 0 Å². The molecule has 2 saturated heterocycles. The molecular formula is C22H35ClIN5O2. The first kappa shape index (κ1) is 26.2. The molecule has 1 aromatic carbocycles. The smallest absolute Gasteiger partial charge is 0.227 e. The number of guanidine groups is 1. The second-order valence-electron chi connectivity index (χ2n) is 7.87. The number of hydrogen-bond acceptors (Lipinski definition) is 4. The van der Waals surface area contributed by atoms with Crippen LogP contribution in [0.25, 0.3) is 0 Å². The summed E-state index contributed by atoms with van der Waals surface area (Å²) in [4.78, 5) is 24.2. The van der Waals surface area contributed by atoms with E-state index < -0.39 is 0 Å². The number of aliphatic imine (C=N–C) groups is 1. The van der Waals surface area contributed by atoms with Gasteiger partial charge in [-0.05, 0) is 31.5 Å². The molecule has 1 atom stereocenters. The third kappa shape index (κ3) is 8.07. The first-order chi connectivity index (χ1) is 14.6. The van der Waals surface area contributed by atoms with E-state index in [9.17, 15) is 4.79 Å². The third-order valence-electron chi connectivity index (χ3n) is 5.69. The normalized spacial score (nSPS) is 19.0. The average molecular weight is 564 g/mol. The third-order valence-corrected chi connectivity index (χ3v) is 5.92. The highest BCUT2D eigenvalue weighted by atomic mass is 127. The van der Waals surface area contributed by atoms with Crippen LogP contribution in [0.15, 0.2) is 29.3 Å². The van der Waals surface area contributed by atoms with Crippen molar-refractivity contribution in [2.24, 2.45) is 4.99 Å². The molecule has 0 spiro atoms. The fraction of sp³-hybridized carbons (Fsp3) is 0.636. The van der Waals surface area contributed by atoms with Gasteiger partial charge in [0.25, 0.3) is 0 Å². The van der Waals surface area contributed by atoms with E-state index in [-0.39, 0.29) is 29.9 Å². The molecule has 1 N–H and O–H groups in total. The van der Waals surface area contributed by atoms with Crippen molar-refractivity contribution in [3.05, 3.63) is 34.9 Å². The minimum absolute atomic E-state index is 0. The summed E-state index contributed by atoms with van der Waals surface area (Å²) in [5, 5.41) is 4.08. The van der Waals surface area contributed by atoms with E-state index in [0.717, 1.165) is 64.0 Å². The number of carbonyl (C=O) groups is 1. The van der Waals surface area contributed by atoms with Gasteiger partial charge < -0.3 is 19.9 Å². The molecule has 1 aromatic rings. The Morgan fingerprint density at radius 1 is 1.16 bits per heavy atom. The Morgan fingerprint density at radius 2 is 1.84 bits per heavy atom. The zero-order valence-corrected chi connectivity index (χ0v) is 21.6. The van der Waals surface area contributed by atoms with E-state index in [1.165, 1.54) is 0 Å². The molecule has 2 fully saturated rings. The molecule has 0 bridgehead atoms. The van der Waals surface area contributed by atoms with E-state index in [4.69, 9.17) is 21.3 Å². The fourth-order valence-corrected chi connectivity index (χ4v) is 4.09. The monoisotopic (exact) mass is 563 g/mol. The van der Waals surface area contributed by atoms with Crippen LogP contribution in [0.1, 0.15) is 19.4 Å². The van der Waals surface area contributed by atoms with Crippen molar-refractivity contribution in [3.8, 4) is 0 Å². The second kappa shape index (κ2) is 13.4. The number of hydrogen-bond donors (Lipinski definition) is 1. The summed E-state index contributed by atoms with van der Waals surface area (Å²) < 4.78 is 5.45. The molecular weight excluding hydrogens is 529 g/mol. The fourth-order valence-electron chi connectivity index (χ4n) is 3.88. The van der Waals surface area contributed by atoms with Crippen molar-refractivity contribution in [1.82, 2.24) is 20.0 Å². The minimum atomic E-state index is 0. The zero-order chi connectivity index (χ0) is 21.3. The van der Waals surface area contributed by atoms with E-state index >= 15 is 0 Å². The van der Waals surface area contributed by atoms with Crippen molar-refractivity contribution in [1.29, 1.82) is 0 Å². The molecule has 0 aromatic heterocycles. The van der Waals surface area contributed by atoms with Crippen molar-refractivity contribution in [2.45, 2.75) is 26.3 Å². The highest BCUT2D eigenvalue weighted by Gasteiger charge is 2.24. The number of carbonyl (C=O) groups excluding carboxylic acids is 1. The van der Waals surface area contributed by atoms with Crippen molar-refractivity contribution in [3.63, 3.8) is 0 Å². The predicted molar refractivity (Wildman–Crippen MR) is 137 cm³/mol. The summed E-state index contributed by atoms with van der Waals surface area (Å²) in [5.41, 5.74) is 0.960. The SMILES string of the molecule is CCNC(=NCC(C)N1CCOCC1)N1CCN(C(=O)Cc2cccc(Cl)c2)CC1.I. The maximum absolute atomic E-state index is 12.7. The summed E-state index contributed by atoms with van der Waals surface area (Å²) in [7, 11) is 0. The van der Waals surface area contributed by atoms with Gasteiger partial charge in [-0.3, -0.25) is 14.7 Å². The second-order valence-corrected chi connectivity index (χ2v) is 8.30. The number of amides is 1. The lowest BCUT2D eigenvalue weighted by atomic mass is 10.1. The molecule has 0 aliphatic carbocycles. The lowest BCUT2D eigenvalue weighted by Crippen LogP contribution is -2.54. The number of piperazine rings is 1. The van der Waals surface area contributed by atoms with Crippen LogP contribution in [0.2, 0.25) is 5.02 Å². The molecule has 2 heterocycles. The molecule has 1 amide bonds. The van der Waals surface area contributed by atoms with E-state index in [1.807, 2.05) is 29.2 Å². The van der Waals surface area contributed by atoms with Gasteiger partial charge >= 0.3 is 0 Å². The van der Waals surface area contributed by atoms with Gasteiger partial charge in [0.05, 0.1) is 26.2 Å². The van der Waals surface area contributed by atoms with Crippen LogP contribution in [-0.4, -0.2) is 98.2 Å². The van der Waals surface area contributed by atoms with Gasteiger partial charge in [0, 0.05) is 56.9 Å². The zero-order valence-electron chi connectivity index (χ0n) is 18.6. The topological polar surface area (TPSA) is 60.4 Å². The number of ether oxygens (including phenoxy) is 1. The van der Waals surface area contributed by atoms with Gasteiger partial charge in [-0.15, -0.1) is 24.0 Å². The quantitative estimate of drug-likeness (QED) is 0.327. The number of nitrogens with zero attached hydrogens (tertiary/aromatic N) is 4. The van der Waals surface area contributed by atoms with Gasteiger partial charge in [-0.2, -0.15) is 0 Å². The van der Waals surface area contributed by atoms with Crippen LogP contribution in [-0.2, 0) is 16.0 Å². The van der Waals surface area contributed by atoms with Crippen LogP contribution in [0.5, 0.6) is 0 Å². The largest absolute Gasteiger partial charge is 0.379 e. The standard InChI is InChI=1S/C22H34ClN5O2.HI/c1-3-24-22(25-17-18(2)26-11-13-30-14-12-26)28-9-7-27(8-10-28)21(29)16-19-5-4-6-20(23)15-19;/h4-6,15,18H,3,7-14,16-17H2,1-2H3,(H,24,25);1H. The first-order valence-corrected chi connectivity index (χ1v) is 11.3. The Balaban J connectivity index is 0.00000341. The summed E-state index contributed by atoms with van der Waals surface area (Å²) >= 11 is 6.04. The number of benzene rings is 1. The molecule has 31 heavy (non-hydrogen) atoms. The Hall–Kier alpha value is -1.10. The van der Waals surface area contributed by atoms with E-state index in [1.54, 1.807) is 0 Å². The minimum Gasteiger partial charge on any atom is -0.379 e. The summed E-state index contributed by atoms with van der Waals surface area (Å²) in [6.07, 6.45) is 0.395. The molecule has 0 saturated carbocycles. The lowest BCUT2D eigenvalue weighted by molar-refractivity contribution is -0.131. The summed E-state index contributed by atoms with van der Waals surface area (Å²) in [5.74, 6) is 1.10.